The van der Waals surface area contributed by atoms with E-state index in [4.69, 9.17) is 5.11 Å². The van der Waals surface area contributed by atoms with E-state index in [0.717, 1.165) is 6.07 Å². The van der Waals surface area contributed by atoms with Gasteiger partial charge in [-0.05, 0) is 31.0 Å². The molecule has 1 unspecified atom stereocenters. The van der Waals surface area contributed by atoms with Crippen LogP contribution in [-0.4, -0.2) is 44.7 Å². The molecule has 6 nitrogen and oxygen atoms in total. The van der Waals surface area contributed by atoms with Crippen LogP contribution in [0.25, 0.3) is 0 Å². The van der Waals surface area contributed by atoms with Gasteiger partial charge in [-0.25, -0.2) is 21.6 Å². The summed E-state index contributed by atoms with van der Waals surface area (Å²) >= 11 is 0. The smallest absolute Gasteiger partial charge is 0.335 e. The summed E-state index contributed by atoms with van der Waals surface area (Å²) in [5.74, 6) is -1.75. The minimum Gasteiger partial charge on any atom is -0.478 e. The van der Waals surface area contributed by atoms with Crippen LogP contribution in [0.1, 0.15) is 22.3 Å². The number of aryl methyl sites for hydroxylation is 1. The van der Waals surface area contributed by atoms with Crippen molar-refractivity contribution in [2.45, 2.75) is 23.5 Å². The molecular weight excluding hydrogens is 304 g/mol. The van der Waals surface area contributed by atoms with E-state index in [9.17, 15) is 21.6 Å². The van der Waals surface area contributed by atoms with Gasteiger partial charge in [-0.3, -0.25) is 0 Å². The molecular formula is C12H14O6S2. The Kier molecular flexibility index (Phi) is 3.64. The summed E-state index contributed by atoms with van der Waals surface area (Å²) in [5.41, 5.74) is 0.363. The lowest BCUT2D eigenvalue weighted by Gasteiger charge is -2.11. The predicted octanol–water partition coefficient (Wildman–Crippen LogP) is 0.654. The highest BCUT2D eigenvalue weighted by atomic mass is 32.2. The second kappa shape index (κ2) is 4.85. The monoisotopic (exact) mass is 318 g/mol. The molecule has 110 valence electrons. The van der Waals surface area contributed by atoms with E-state index in [-0.39, 0.29) is 22.6 Å². The third-order valence-corrected chi connectivity index (χ3v) is 7.57. The first-order chi connectivity index (χ1) is 9.13. The highest BCUT2D eigenvalue weighted by molar-refractivity contribution is 7.96. The molecule has 0 aromatic heterocycles. The van der Waals surface area contributed by atoms with E-state index in [1.165, 1.54) is 12.1 Å². The van der Waals surface area contributed by atoms with Crippen molar-refractivity contribution in [1.82, 2.24) is 0 Å². The minimum absolute atomic E-state index is 0.0565. The second-order valence-electron chi connectivity index (χ2n) is 4.85. The van der Waals surface area contributed by atoms with Gasteiger partial charge in [0.1, 0.15) is 0 Å². The van der Waals surface area contributed by atoms with E-state index in [2.05, 4.69) is 0 Å². The Hall–Kier alpha value is -1.41. The molecule has 1 aliphatic rings. The number of aromatic carboxylic acids is 1. The highest BCUT2D eigenvalue weighted by Crippen LogP contribution is 2.26. The summed E-state index contributed by atoms with van der Waals surface area (Å²) in [6.07, 6.45) is 0.0565. The van der Waals surface area contributed by atoms with Gasteiger partial charge in [-0.2, -0.15) is 0 Å². The van der Waals surface area contributed by atoms with Crippen LogP contribution in [-0.2, 0) is 19.7 Å². The van der Waals surface area contributed by atoms with Crippen molar-refractivity contribution in [2.75, 3.05) is 11.5 Å². The van der Waals surface area contributed by atoms with Gasteiger partial charge in [-0.15, -0.1) is 0 Å². The lowest BCUT2D eigenvalue weighted by atomic mass is 10.1. The van der Waals surface area contributed by atoms with Crippen LogP contribution in [0.4, 0.5) is 0 Å². The van der Waals surface area contributed by atoms with Crippen LogP contribution in [0, 0.1) is 6.92 Å². The number of hydrogen-bond acceptors (Lipinski definition) is 5. The second-order valence-corrected chi connectivity index (χ2v) is 9.31. The van der Waals surface area contributed by atoms with Crippen LogP contribution in [0.3, 0.4) is 0 Å². The molecule has 1 heterocycles. The Morgan fingerprint density at radius 1 is 1.35 bits per heavy atom. The van der Waals surface area contributed by atoms with Crippen LogP contribution < -0.4 is 0 Å². The maximum atomic E-state index is 12.4. The zero-order chi connectivity index (χ0) is 15.1. The van der Waals surface area contributed by atoms with Gasteiger partial charge < -0.3 is 5.11 Å². The summed E-state index contributed by atoms with van der Waals surface area (Å²) in [4.78, 5) is 10.9. The Balaban J connectivity index is 2.46. The fourth-order valence-corrected chi connectivity index (χ4v) is 6.59. The summed E-state index contributed by atoms with van der Waals surface area (Å²) < 4.78 is 47.5. The highest BCUT2D eigenvalue weighted by Gasteiger charge is 2.38. The van der Waals surface area contributed by atoms with Crippen molar-refractivity contribution < 1.29 is 26.7 Å². The molecule has 0 amide bonds. The van der Waals surface area contributed by atoms with Gasteiger partial charge in [-0.1, -0.05) is 6.07 Å². The number of carbonyl (C=O) groups is 1. The third-order valence-electron chi connectivity index (χ3n) is 3.40. The maximum absolute atomic E-state index is 12.4. The molecule has 1 aromatic rings. The molecule has 1 aliphatic heterocycles. The average Bonchev–Trinajstić information content (AvgIpc) is 2.70. The van der Waals surface area contributed by atoms with Crippen molar-refractivity contribution in [3.63, 3.8) is 0 Å². The molecule has 0 spiro atoms. The number of rotatable bonds is 3. The minimum atomic E-state index is -3.83. The van der Waals surface area contributed by atoms with E-state index in [1.807, 2.05) is 0 Å². The lowest BCUT2D eigenvalue weighted by molar-refractivity contribution is 0.0696. The number of sulfone groups is 2. The van der Waals surface area contributed by atoms with E-state index in [0.29, 0.717) is 5.56 Å². The molecule has 0 radical (unpaired) electrons. The van der Waals surface area contributed by atoms with E-state index in [1.54, 1.807) is 6.92 Å². The van der Waals surface area contributed by atoms with Crippen LogP contribution >= 0.6 is 0 Å². The maximum Gasteiger partial charge on any atom is 0.335 e. The van der Waals surface area contributed by atoms with Gasteiger partial charge in [0, 0.05) is 0 Å². The summed E-state index contributed by atoms with van der Waals surface area (Å²) in [7, 11) is -7.14. The van der Waals surface area contributed by atoms with Crippen molar-refractivity contribution in [3.05, 3.63) is 29.3 Å². The van der Waals surface area contributed by atoms with Crippen LogP contribution in [0.5, 0.6) is 0 Å². The van der Waals surface area contributed by atoms with Crippen molar-refractivity contribution in [2.24, 2.45) is 0 Å². The normalized spacial score (nSPS) is 21.8. The Bertz CT molecular complexity index is 761. The quantitative estimate of drug-likeness (QED) is 0.877. The van der Waals surface area contributed by atoms with Crippen molar-refractivity contribution in [1.29, 1.82) is 0 Å². The fraction of sp³-hybridized carbons (Fsp3) is 0.417. The largest absolute Gasteiger partial charge is 0.478 e. The molecule has 0 saturated carbocycles. The number of carboxylic acids is 1. The molecule has 1 saturated heterocycles. The zero-order valence-corrected chi connectivity index (χ0v) is 12.4. The molecule has 0 bridgehead atoms. The summed E-state index contributed by atoms with van der Waals surface area (Å²) in [5, 5.41) is 8.02. The fourth-order valence-electron chi connectivity index (χ4n) is 2.21. The number of carboxylic acid groups (broad SMARTS) is 1. The number of hydrogen-bond donors (Lipinski definition) is 1. The Morgan fingerprint density at radius 3 is 2.50 bits per heavy atom. The molecule has 1 fully saturated rings. The third kappa shape index (κ3) is 2.71. The van der Waals surface area contributed by atoms with E-state index >= 15 is 0 Å². The molecule has 1 atom stereocenters. The molecule has 2 rings (SSSR count). The van der Waals surface area contributed by atoms with Gasteiger partial charge in [0.05, 0.1) is 27.2 Å². The first-order valence-corrected chi connectivity index (χ1v) is 9.28. The topological polar surface area (TPSA) is 106 Å². The zero-order valence-electron chi connectivity index (χ0n) is 10.7. The molecule has 20 heavy (non-hydrogen) atoms. The van der Waals surface area contributed by atoms with Crippen molar-refractivity contribution in [3.8, 4) is 0 Å². The lowest BCUT2D eigenvalue weighted by Crippen LogP contribution is -2.23. The average molecular weight is 318 g/mol. The molecule has 1 N–H and O–H groups in total. The SMILES string of the molecule is Cc1ccc(S(=O)(=O)C2CCS(=O)(=O)C2)cc1C(=O)O. The van der Waals surface area contributed by atoms with Gasteiger partial charge >= 0.3 is 5.97 Å². The Morgan fingerprint density at radius 2 is 2.00 bits per heavy atom. The van der Waals surface area contributed by atoms with Gasteiger partial charge in [0.15, 0.2) is 19.7 Å². The molecule has 0 aliphatic carbocycles. The number of benzene rings is 1. The Labute approximate surface area is 117 Å². The predicted molar refractivity (Wildman–Crippen MR) is 72.4 cm³/mol. The van der Waals surface area contributed by atoms with Crippen molar-refractivity contribution >= 4 is 25.6 Å². The molecule has 8 heteroatoms. The van der Waals surface area contributed by atoms with Crippen LogP contribution in [0.2, 0.25) is 0 Å². The van der Waals surface area contributed by atoms with Gasteiger partial charge in [0.25, 0.3) is 0 Å². The first-order valence-electron chi connectivity index (χ1n) is 5.92. The summed E-state index contributed by atoms with van der Waals surface area (Å²) in [6, 6.07) is 3.83. The van der Waals surface area contributed by atoms with Gasteiger partial charge in [0.2, 0.25) is 0 Å². The molecule has 1 aromatic carbocycles. The standard InChI is InChI=1S/C12H14O6S2/c1-8-2-3-9(6-11(8)12(13)14)20(17,18)10-4-5-19(15,16)7-10/h2-3,6,10H,4-5,7H2,1H3,(H,13,14). The first kappa shape index (κ1) is 15.0. The van der Waals surface area contributed by atoms with Crippen LogP contribution in [0.15, 0.2) is 23.1 Å². The summed E-state index contributed by atoms with van der Waals surface area (Å²) in [6.45, 7) is 1.57. The van der Waals surface area contributed by atoms with E-state index < -0.39 is 36.6 Å².